The Hall–Kier alpha value is -2.04. The van der Waals surface area contributed by atoms with Gasteiger partial charge in [-0.15, -0.1) is 10.2 Å². The first-order chi connectivity index (χ1) is 6.86. The van der Waals surface area contributed by atoms with E-state index < -0.39 is 0 Å². The van der Waals surface area contributed by atoms with Crippen LogP contribution in [0.1, 0.15) is 5.82 Å². The van der Waals surface area contributed by atoms with Gasteiger partial charge in [0.2, 0.25) is 0 Å². The highest BCUT2D eigenvalue weighted by Crippen LogP contribution is 2.15. The summed E-state index contributed by atoms with van der Waals surface area (Å²) in [5, 5.41) is 14.3. The monoisotopic (exact) mass is 185 g/mol. The summed E-state index contributed by atoms with van der Waals surface area (Å²) < 4.78 is 1.72. The van der Waals surface area contributed by atoms with Gasteiger partial charge in [0.25, 0.3) is 0 Å². The van der Waals surface area contributed by atoms with E-state index in [1.165, 1.54) is 0 Å². The van der Waals surface area contributed by atoms with Crippen LogP contribution in [0.3, 0.4) is 0 Å². The van der Waals surface area contributed by atoms with E-state index in [0.717, 1.165) is 22.2 Å². The van der Waals surface area contributed by atoms with Crippen LogP contribution < -0.4 is 0 Å². The molecule has 3 aromatic heterocycles. The molecule has 0 N–H and O–H groups in total. The summed E-state index contributed by atoms with van der Waals surface area (Å²) >= 11 is 0. The Bertz CT molecular complexity index is 613. The van der Waals surface area contributed by atoms with Gasteiger partial charge < -0.3 is 0 Å². The second-order valence-corrected chi connectivity index (χ2v) is 3.09. The van der Waals surface area contributed by atoms with E-state index >= 15 is 0 Å². The summed E-state index contributed by atoms with van der Waals surface area (Å²) in [5.74, 6) is 0.790. The van der Waals surface area contributed by atoms with E-state index in [-0.39, 0.29) is 0 Å². The van der Waals surface area contributed by atoms with E-state index in [1.807, 2.05) is 13.0 Å². The van der Waals surface area contributed by atoms with Crippen LogP contribution in [0.25, 0.3) is 16.4 Å². The van der Waals surface area contributed by atoms with E-state index in [4.69, 9.17) is 0 Å². The lowest BCUT2D eigenvalue weighted by Crippen LogP contribution is -1.94. The second-order valence-electron chi connectivity index (χ2n) is 3.09. The Labute approximate surface area is 79.4 Å². The highest BCUT2D eigenvalue weighted by Gasteiger charge is 2.05. The zero-order chi connectivity index (χ0) is 9.54. The van der Waals surface area contributed by atoms with Gasteiger partial charge in [-0.1, -0.05) is 0 Å². The van der Waals surface area contributed by atoms with Crippen LogP contribution in [0.4, 0.5) is 0 Å². The lowest BCUT2D eigenvalue weighted by Gasteiger charge is -1.97. The first-order valence-corrected chi connectivity index (χ1v) is 4.27. The van der Waals surface area contributed by atoms with Gasteiger partial charge in [-0.05, 0) is 13.0 Å². The van der Waals surface area contributed by atoms with Crippen molar-refractivity contribution in [3.63, 3.8) is 0 Å². The minimum Gasteiger partial charge on any atom is -0.264 e. The number of rotatable bonds is 0. The van der Waals surface area contributed by atoms with Crippen LogP contribution in [0.2, 0.25) is 0 Å². The molecule has 0 unspecified atom stereocenters. The molecule has 0 bridgehead atoms. The number of fused-ring (bicyclic) bond motifs is 3. The second kappa shape index (κ2) is 2.47. The first-order valence-electron chi connectivity index (χ1n) is 4.27. The molecule has 0 aliphatic rings. The van der Waals surface area contributed by atoms with Crippen molar-refractivity contribution >= 4 is 16.4 Å². The van der Waals surface area contributed by atoms with Crippen LogP contribution in [0.15, 0.2) is 24.7 Å². The Morgan fingerprint density at radius 3 is 3.07 bits per heavy atom. The first kappa shape index (κ1) is 7.37. The average Bonchev–Trinajstić information content (AvgIpc) is 2.61. The molecular formula is C9H7N5. The van der Waals surface area contributed by atoms with Crippen molar-refractivity contribution in [3.8, 4) is 0 Å². The Morgan fingerprint density at radius 1 is 1.21 bits per heavy atom. The largest absolute Gasteiger partial charge is 0.264 e. The molecule has 5 heteroatoms. The minimum atomic E-state index is 0.780. The van der Waals surface area contributed by atoms with Crippen LogP contribution in [-0.2, 0) is 0 Å². The SMILES string of the molecule is Cc1nnc2c3ccncc3cnn12. The fourth-order valence-electron chi connectivity index (χ4n) is 1.50. The van der Waals surface area contributed by atoms with Gasteiger partial charge in [0.05, 0.1) is 6.20 Å². The topological polar surface area (TPSA) is 56.0 Å². The molecule has 0 aliphatic carbocycles. The predicted octanol–water partition coefficient (Wildman–Crippen LogP) is 0.981. The Kier molecular flexibility index (Phi) is 1.30. The van der Waals surface area contributed by atoms with Gasteiger partial charge in [0.15, 0.2) is 11.5 Å². The summed E-state index contributed by atoms with van der Waals surface area (Å²) in [6.45, 7) is 1.88. The number of pyridine rings is 1. The molecular weight excluding hydrogens is 178 g/mol. The number of nitrogens with zero attached hydrogens (tertiary/aromatic N) is 5. The maximum Gasteiger partial charge on any atom is 0.185 e. The van der Waals surface area contributed by atoms with Gasteiger partial charge >= 0.3 is 0 Å². The van der Waals surface area contributed by atoms with E-state index in [9.17, 15) is 0 Å². The molecule has 3 aromatic rings. The third kappa shape index (κ3) is 0.834. The molecule has 3 heterocycles. The van der Waals surface area contributed by atoms with Crippen molar-refractivity contribution in [1.82, 2.24) is 24.8 Å². The van der Waals surface area contributed by atoms with Gasteiger partial charge in [-0.3, -0.25) is 4.98 Å². The molecule has 0 aromatic carbocycles. The van der Waals surface area contributed by atoms with E-state index in [1.54, 1.807) is 23.1 Å². The fourth-order valence-corrected chi connectivity index (χ4v) is 1.50. The quantitative estimate of drug-likeness (QED) is 0.524. The van der Waals surface area contributed by atoms with Gasteiger partial charge in [-0.2, -0.15) is 9.61 Å². The summed E-state index contributed by atoms with van der Waals surface area (Å²) in [5.41, 5.74) is 0.780. The molecule has 3 rings (SSSR count). The van der Waals surface area contributed by atoms with Crippen molar-refractivity contribution in [2.24, 2.45) is 0 Å². The number of aryl methyl sites for hydroxylation is 1. The molecule has 0 saturated carbocycles. The number of hydrogen-bond acceptors (Lipinski definition) is 4. The minimum absolute atomic E-state index is 0.780. The van der Waals surface area contributed by atoms with Crippen molar-refractivity contribution < 1.29 is 0 Å². The lowest BCUT2D eigenvalue weighted by molar-refractivity contribution is 0.881. The fraction of sp³-hybridized carbons (Fsp3) is 0.111. The summed E-state index contributed by atoms with van der Waals surface area (Å²) in [6, 6.07) is 1.92. The molecule has 0 radical (unpaired) electrons. The molecule has 0 spiro atoms. The van der Waals surface area contributed by atoms with Gasteiger partial charge in [0, 0.05) is 23.2 Å². The van der Waals surface area contributed by atoms with E-state index in [0.29, 0.717) is 0 Å². The van der Waals surface area contributed by atoms with Gasteiger partial charge in [0.1, 0.15) is 0 Å². The zero-order valence-electron chi connectivity index (χ0n) is 7.55. The number of aromatic nitrogens is 5. The maximum atomic E-state index is 4.22. The Balaban J connectivity index is 2.61. The molecule has 14 heavy (non-hydrogen) atoms. The zero-order valence-corrected chi connectivity index (χ0v) is 7.55. The summed E-state index contributed by atoms with van der Waals surface area (Å²) in [4.78, 5) is 4.03. The predicted molar refractivity (Wildman–Crippen MR) is 50.8 cm³/mol. The standard InChI is InChI=1S/C9H7N5/c1-6-12-13-9-8-2-3-10-4-7(8)5-11-14(6)9/h2-5H,1H3. The third-order valence-electron chi connectivity index (χ3n) is 2.20. The van der Waals surface area contributed by atoms with Crippen molar-refractivity contribution in [1.29, 1.82) is 0 Å². The molecule has 68 valence electrons. The molecule has 0 saturated heterocycles. The summed E-state index contributed by atoms with van der Waals surface area (Å²) in [7, 11) is 0. The van der Waals surface area contributed by atoms with Crippen LogP contribution in [0, 0.1) is 6.92 Å². The van der Waals surface area contributed by atoms with Crippen molar-refractivity contribution in [2.75, 3.05) is 0 Å². The molecule has 5 nitrogen and oxygen atoms in total. The molecule has 0 aliphatic heterocycles. The lowest BCUT2D eigenvalue weighted by atomic mass is 10.2. The molecule has 0 atom stereocenters. The third-order valence-corrected chi connectivity index (χ3v) is 2.20. The van der Waals surface area contributed by atoms with Crippen molar-refractivity contribution in [3.05, 3.63) is 30.5 Å². The van der Waals surface area contributed by atoms with E-state index in [2.05, 4.69) is 20.3 Å². The molecule has 0 fully saturated rings. The molecule has 0 amide bonds. The smallest absolute Gasteiger partial charge is 0.185 e. The maximum absolute atomic E-state index is 4.22. The van der Waals surface area contributed by atoms with Crippen LogP contribution >= 0.6 is 0 Å². The van der Waals surface area contributed by atoms with Crippen molar-refractivity contribution in [2.45, 2.75) is 6.92 Å². The normalized spacial score (nSPS) is 11.2. The Morgan fingerprint density at radius 2 is 2.14 bits per heavy atom. The average molecular weight is 185 g/mol. The van der Waals surface area contributed by atoms with Crippen LogP contribution in [0.5, 0.6) is 0 Å². The highest BCUT2D eigenvalue weighted by molar-refractivity contribution is 5.92. The van der Waals surface area contributed by atoms with Gasteiger partial charge in [-0.25, -0.2) is 0 Å². The highest BCUT2D eigenvalue weighted by atomic mass is 15.4. The summed E-state index contributed by atoms with van der Waals surface area (Å²) in [6.07, 6.45) is 5.28. The van der Waals surface area contributed by atoms with Crippen LogP contribution in [-0.4, -0.2) is 24.8 Å². The number of hydrogen-bond donors (Lipinski definition) is 0.